The fourth-order valence-corrected chi connectivity index (χ4v) is 3.59. The minimum absolute atomic E-state index is 0.00424. The molecule has 1 unspecified atom stereocenters. The lowest BCUT2D eigenvalue weighted by Gasteiger charge is -2.40. The van der Waals surface area contributed by atoms with Gasteiger partial charge in [-0.2, -0.15) is 0 Å². The molecule has 1 saturated heterocycles. The standard InChI is InChI=1S/C22H39N5O2/c1-7-23-21(25-17-22(2,3)27-12-14-29-15-13-27)24-16-19(26(4)5)18-10-8-9-11-20(18)28-6/h8-11,19H,7,12-17H2,1-6H3,(H2,23,24,25). The number of ether oxygens (including phenoxy) is 2. The highest BCUT2D eigenvalue weighted by atomic mass is 16.5. The van der Waals surface area contributed by atoms with E-state index < -0.39 is 0 Å². The second-order valence-corrected chi connectivity index (χ2v) is 8.21. The van der Waals surface area contributed by atoms with Gasteiger partial charge in [0.15, 0.2) is 5.96 Å². The lowest BCUT2D eigenvalue weighted by molar-refractivity contribution is -0.00684. The first-order chi connectivity index (χ1) is 13.9. The molecular weight excluding hydrogens is 366 g/mol. The number of morpholine rings is 1. The number of guanidine groups is 1. The summed E-state index contributed by atoms with van der Waals surface area (Å²) in [5.41, 5.74) is 1.16. The zero-order valence-corrected chi connectivity index (χ0v) is 19.0. The van der Waals surface area contributed by atoms with Crippen molar-refractivity contribution in [3.8, 4) is 5.75 Å². The predicted octanol–water partition coefficient (Wildman–Crippen LogP) is 1.96. The van der Waals surface area contributed by atoms with Gasteiger partial charge in [-0.1, -0.05) is 18.2 Å². The third kappa shape index (κ3) is 6.87. The van der Waals surface area contributed by atoms with Crippen LogP contribution in [0.2, 0.25) is 0 Å². The van der Waals surface area contributed by atoms with E-state index in [1.807, 2.05) is 12.1 Å². The largest absolute Gasteiger partial charge is 0.496 e. The molecule has 0 bridgehead atoms. The first-order valence-corrected chi connectivity index (χ1v) is 10.5. The third-order valence-corrected chi connectivity index (χ3v) is 5.42. The highest BCUT2D eigenvalue weighted by Gasteiger charge is 2.28. The van der Waals surface area contributed by atoms with Crippen molar-refractivity contribution in [3.63, 3.8) is 0 Å². The Morgan fingerprint density at radius 3 is 2.55 bits per heavy atom. The van der Waals surface area contributed by atoms with Crippen LogP contribution in [-0.2, 0) is 4.74 Å². The Labute approximate surface area is 176 Å². The van der Waals surface area contributed by atoms with E-state index in [9.17, 15) is 0 Å². The smallest absolute Gasteiger partial charge is 0.191 e. The molecule has 1 fully saturated rings. The van der Waals surface area contributed by atoms with Crippen molar-refractivity contribution in [2.24, 2.45) is 4.99 Å². The number of rotatable bonds is 9. The molecule has 1 heterocycles. The monoisotopic (exact) mass is 405 g/mol. The Kier molecular flexibility index (Phi) is 9.20. The number of nitrogens with zero attached hydrogens (tertiary/aromatic N) is 3. The van der Waals surface area contributed by atoms with Gasteiger partial charge in [0.05, 0.1) is 32.9 Å². The maximum atomic E-state index is 5.57. The Morgan fingerprint density at radius 1 is 1.24 bits per heavy atom. The van der Waals surface area contributed by atoms with Crippen molar-refractivity contribution in [3.05, 3.63) is 29.8 Å². The van der Waals surface area contributed by atoms with Crippen LogP contribution in [0.4, 0.5) is 0 Å². The molecule has 0 saturated carbocycles. The topological polar surface area (TPSA) is 61.4 Å². The molecule has 7 heteroatoms. The summed E-state index contributed by atoms with van der Waals surface area (Å²) in [4.78, 5) is 9.55. The zero-order chi connectivity index (χ0) is 21.3. The molecule has 1 aromatic carbocycles. The molecule has 0 aliphatic carbocycles. The second kappa shape index (κ2) is 11.4. The molecule has 0 amide bonds. The summed E-state index contributed by atoms with van der Waals surface area (Å²) >= 11 is 0. The van der Waals surface area contributed by atoms with Crippen LogP contribution in [0.25, 0.3) is 0 Å². The minimum atomic E-state index is -0.00424. The molecule has 2 N–H and O–H groups in total. The van der Waals surface area contributed by atoms with Crippen LogP contribution in [0, 0.1) is 0 Å². The van der Waals surface area contributed by atoms with Crippen LogP contribution in [-0.4, -0.2) is 88.4 Å². The molecule has 0 aromatic heterocycles. The van der Waals surface area contributed by atoms with Crippen molar-refractivity contribution in [2.75, 3.05) is 67.1 Å². The quantitative estimate of drug-likeness (QED) is 0.484. The van der Waals surface area contributed by atoms with Crippen molar-refractivity contribution >= 4 is 5.96 Å². The third-order valence-electron chi connectivity index (χ3n) is 5.42. The molecule has 0 spiro atoms. The Morgan fingerprint density at radius 2 is 1.93 bits per heavy atom. The zero-order valence-electron chi connectivity index (χ0n) is 19.0. The molecule has 1 atom stereocenters. The van der Waals surface area contributed by atoms with Crippen LogP contribution < -0.4 is 15.4 Å². The highest BCUT2D eigenvalue weighted by Crippen LogP contribution is 2.27. The average Bonchev–Trinajstić information content (AvgIpc) is 2.73. The van der Waals surface area contributed by atoms with E-state index in [2.05, 4.69) is 67.4 Å². The number of likely N-dealkylation sites (N-methyl/N-ethyl adjacent to an activating group) is 1. The second-order valence-electron chi connectivity index (χ2n) is 8.21. The summed E-state index contributed by atoms with van der Waals surface area (Å²) in [7, 11) is 5.90. The first kappa shape index (κ1) is 23.4. The van der Waals surface area contributed by atoms with Gasteiger partial charge in [0, 0.05) is 37.3 Å². The summed E-state index contributed by atoms with van der Waals surface area (Å²) in [5, 5.41) is 6.90. The minimum Gasteiger partial charge on any atom is -0.496 e. The van der Waals surface area contributed by atoms with Crippen LogP contribution in [0.5, 0.6) is 5.75 Å². The van der Waals surface area contributed by atoms with Crippen molar-refractivity contribution in [1.82, 2.24) is 20.4 Å². The number of hydrogen-bond acceptors (Lipinski definition) is 5. The van der Waals surface area contributed by atoms with Crippen LogP contribution in [0.1, 0.15) is 32.4 Å². The predicted molar refractivity (Wildman–Crippen MR) is 120 cm³/mol. The van der Waals surface area contributed by atoms with Crippen LogP contribution in [0.3, 0.4) is 0 Å². The highest BCUT2D eigenvalue weighted by molar-refractivity contribution is 5.79. The van der Waals surface area contributed by atoms with Gasteiger partial charge in [-0.05, 0) is 40.9 Å². The van der Waals surface area contributed by atoms with E-state index in [0.717, 1.165) is 63.2 Å². The number of methoxy groups -OCH3 is 1. The van der Waals surface area contributed by atoms with Gasteiger partial charge in [0.2, 0.25) is 0 Å². The van der Waals surface area contributed by atoms with E-state index in [1.165, 1.54) is 0 Å². The molecule has 0 radical (unpaired) electrons. The van der Waals surface area contributed by atoms with Gasteiger partial charge in [0.25, 0.3) is 0 Å². The van der Waals surface area contributed by atoms with Gasteiger partial charge in [-0.3, -0.25) is 9.89 Å². The van der Waals surface area contributed by atoms with Gasteiger partial charge in [-0.25, -0.2) is 0 Å². The molecular formula is C22H39N5O2. The number of benzene rings is 1. The van der Waals surface area contributed by atoms with Crippen molar-refractivity contribution in [1.29, 1.82) is 0 Å². The maximum Gasteiger partial charge on any atom is 0.191 e. The number of para-hydroxylation sites is 1. The number of aliphatic imine (C=N–C) groups is 1. The molecule has 2 rings (SSSR count). The fourth-order valence-electron chi connectivity index (χ4n) is 3.59. The SMILES string of the molecule is CCNC(=NCC(C)(C)N1CCOCC1)NCC(c1ccccc1OC)N(C)C. The Balaban J connectivity index is 2.06. The first-order valence-electron chi connectivity index (χ1n) is 10.5. The molecule has 7 nitrogen and oxygen atoms in total. The Hall–Kier alpha value is -1.83. The Bertz CT molecular complexity index is 642. The molecule has 164 valence electrons. The number of nitrogens with one attached hydrogen (secondary N) is 2. The number of hydrogen-bond donors (Lipinski definition) is 2. The van der Waals surface area contributed by atoms with Gasteiger partial charge < -0.3 is 25.0 Å². The summed E-state index contributed by atoms with van der Waals surface area (Å²) < 4.78 is 11.1. The molecule has 1 aliphatic heterocycles. The van der Waals surface area contributed by atoms with E-state index in [4.69, 9.17) is 14.5 Å². The lowest BCUT2D eigenvalue weighted by Crippen LogP contribution is -2.52. The van der Waals surface area contributed by atoms with Crippen molar-refractivity contribution < 1.29 is 9.47 Å². The van der Waals surface area contributed by atoms with E-state index in [-0.39, 0.29) is 11.6 Å². The van der Waals surface area contributed by atoms with Crippen LogP contribution >= 0.6 is 0 Å². The summed E-state index contributed by atoms with van der Waals surface area (Å²) in [6, 6.07) is 8.36. The average molecular weight is 406 g/mol. The van der Waals surface area contributed by atoms with E-state index in [1.54, 1.807) is 7.11 Å². The maximum absolute atomic E-state index is 5.57. The lowest BCUT2D eigenvalue weighted by atomic mass is 10.0. The summed E-state index contributed by atoms with van der Waals surface area (Å²) in [6.45, 7) is 12.4. The van der Waals surface area contributed by atoms with Gasteiger partial charge in [0.1, 0.15) is 5.75 Å². The van der Waals surface area contributed by atoms with Gasteiger partial charge in [-0.15, -0.1) is 0 Å². The van der Waals surface area contributed by atoms with E-state index >= 15 is 0 Å². The van der Waals surface area contributed by atoms with Crippen molar-refractivity contribution in [2.45, 2.75) is 32.4 Å². The van der Waals surface area contributed by atoms with Gasteiger partial charge >= 0.3 is 0 Å². The fraction of sp³-hybridized carbons (Fsp3) is 0.682. The normalized spacial score (nSPS) is 17.3. The van der Waals surface area contributed by atoms with E-state index in [0.29, 0.717) is 0 Å². The molecule has 1 aliphatic rings. The molecule has 29 heavy (non-hydrogen) atoms. The summed E-state index contributed by atoms with van der Waals surface area (Å²) in [5.74, 6) is 1.75. The summed E-state index contributed by atoms with van der Waals surface area (Å²) in [6.07, 6.45) is 0. The van der Waals surface area contributed by atoms with Crippen LogP contribution in [0.15, 0.2) is 29.3 Å². The molecule has 1 aromatic rings.